The molecule has 2 atom stereocenters. The fourth-order valence-corrected chi connectivity index (χ4v) is 4.85. The van der Waals surface area contributed by atoms with Crippen molar-refractivity contribution < 1.29 is 9.53 Å². The second-order valence-electron chi connectivity index (χ2n) is 9.02. The number of carbonyl (C=O) groups is 1. The van der Waals surface area contributed by atoms with Gasteiger partial charge < -0.3 is 15.4 Å². The lowest BCUT2D eigenvalue weighted by molar-refractivity contribution is -0.114. The van der Waals surface area contributed by atoms with E-state index in [1.165, 1.54) is 28.8 Å². The average molecular weight is 451 g/mol. The van der Waals surface area contributed by atoms with Gasteiger partial charge in [0.15, 0.2) is 0 Å². The van der Waals surface area contributed by atoms with Crippen molar-refractivity contribution in [3.05, 3.63) is 102 Å². The molecule has 2 unspecified atom stereocenters. The van der Waals surface area contributed by atoms with Crippen molar-refractivity contribution in [3.8, 4) is 11.1 Å². The van der Waals surface area contributed by atoms with E-state index in [4.69, 9.17) is 4.74 Å². The minimum absolute atomic E-state index is 0.0630. The summed E-state index contributed by atoms with van der Waals surface area (Å²) in [7, 11) is 0. The molecule has 0 saturated carbocycles. The van der Waals surface area contributed by atoms with Crippen molar-refractivity contribution in [2.75, 3.05) is 18.4 Å². The van der Waals surface area contributed by atoms with Crippen LogP contribution in [0.3, 0.4) is 0 Å². The maximum Gasteiger partial charge on any atom is 0.221 e. The molecule has 172 valence electrons. The first-order valence-corrected chi connectivity index (χ1v) is 11.9. The molecule has 0 aliphatic carbocycles. The molecule has 34 heavy (non-hydrogen) atoms. The largest absolute Gasteiger partial charge is 0.372 e. The fourth-order valence-electron chi connectivity index (χ4n) is 4.85. The van der Waals surface area contributed by atoms with Crippen LogP contribution in [0, 0.1) is 0 Å². The summed E-state index contributed by atoms with van der Waals surface area (Å²) in [5.41, 5.74) is 5.56. The van der Waals surface area contributed by atoms with Crippen LogP contribution in [0.4, 0.5) is 5.69 Å². The standard InChI is InChI=1S/C30H30N2O2/c1-21(33)32-28-11-5-9-26(18-28)25-8-4-10-27(17-25)29-14-15-31-19-30(29)34-20-22-12-13-23-6-2-3-7-24(23)16-22/h2-13,16-18,29-31H,14-15,19-20H2,1H3,(H,32,33). The summed E-state index contributed by atoms with van der Waals surface area (Å²) in [6.07, 6.45) is 1.15. The maximum atomic E-state index is 11.5. The third kappa shape index (κ3) is 5.19. The third-order valence-corrected chi connectivity index (χ3v) is 6.54. The predicted molar refractivity (Wildman–Crippen MR) is 139 cm³/mol. The molecular formula is C30H30N2O2. The zero-order valence-electron chi connectivity index (χ0n) is 19.5. The number of fused-ring (bicyclic) bond motifs is 1. The van der Waals surface area contributed by atoms with Crippen LogP contribution in [-0.2, 0) is 16.1 Å². The van der Waals surface area contributed by atoms with E-state index in [1.807, 2.05) is 18.2 Å². The lowest BCUT2D eigenvalue weighted by atomic mass is 9.86. The maximum absolute atomic E-state index is 11.5. The van der Waals surface area contributed by atoms with Crippen molar-refractivity contribution >= 4 is 22.4 Å². The highest BCUT2D eigenvalue weighted by Crippen LogP contribution is 2.32. The zero-order chi connectivity index (χ0) is 23.3. The topological polar surface area (TPSA) is 50.4 Å². The quantitative estimate of drug-likeness (QED) is 0.372. The number of amides is 1. The monoisotopic (exact) mass is 450 g/mol. The molecule has 4 heteroatoms. The summed E-state index contributed by atoms with van der Waals surface area (Å²) in [5.74, 6) is 0.271. The van der Waals surface area contributed by atoms with E-state index < -0.39 is 0 Å². The number of anilines is 1. The van der Waals surface area contributed by atoms with Gasteiger partial charge in [-0.1, -0.05) is 72.8 Å². The molecule has 4 aromatic carbocycles. The van der Waals surface area contributed by atoms with E-state index in [0.29, 0.717) is 12.5 Å². The van der Waals surface area contributed by atoms with Crippen LogP contribution >= 0.6 is 0 Å². The Balaban J connectivity index is 1.34. The highest BCUT2D eigenvalue weighted by molar-refractivity contribution is 5.89. The molecular weight excluding hydrogens is 420 g/mol. The fraction of sp³-hybridized carbons (Fsp3) is 0.233. The Morgan fingerprint density at radius 1 is 0.912 bits per heavy atom. The van der Waals surface area contributed by atoms with Gasteiger partial charge in [0.05, 0.1) is 12.7 Å². The van der Waals surface area contributed by atoms with Gasteiger partial charge in [-0.05, 0) is 64.2 Å². The van der Waals surface area contributed by atoms with Crippen LogP contribution in [0.5, 0.6) is 0 Å². The Hall–Kier alpha value is -3.47. The van der Waals surface area contributed by atoms with E-state index in [9.17, 15) is 4.79 Å². The number of piperidine rings is 1. The summed E-state index contributed by atoms with van der Waals surface area (Å²) in [6.45, 7) is 3.97. The van der Waals surface area contributed by atoms with Gasteiger partial charge in [-0.15, -0.1) is 0 Å². The van der Waals surface area contributed by atoms with Crippen LogP contribution < -0.4 is 10.6 Å². The highest BCUT2D eigenvalue weighted by atomic mass is 16.5. The molecule has 0 aromatic heterocycles. The highest BCUT2D eigenvalue weighted by Gasteiger charge is 2.27. The van der Waals surface area contributed by atoms with Crippen molar-refractivity contribution in [2.45, 2.75) is 32.0 Å². The first kappa shape index (κ1) is 22.3. The summed E-state index contributed by atoms with van der Waals surface area (Å²) >= 11 is 0. The normalized spacial score (nSPS) is 18.0. The molecule has 1 aliphatic rings. The summed E-state index contributed by atoms with van der Waals surface area (Å²) in [6, 6.07) is 31.7. The zero-order valence-corrected chi connectivity index (χ0v) is 19.5. The molecule has 1 fully saturated rings. The number of hydrogen-bond acceptors (Lipinski definition) is 3. The van der Waals surface area contributed by atoms with E-state index in [1.54, 1.807) is 0 Å². The number of nitrogens with one attached hydrogen (secondary N) is 2. The Kier molecular flexibility index (Phi) is 6.70. The second kappa shape index (κ2) is 10.2. The minimum atomic E-state index is -0.0630. The van der Waals surface area contributed by atoms with Crippen molar-refractivity contribution in [3.63, 3.8) is 0 Å². The second-order valence-corrected chi connectivity index (χ2v) is 9.02. The number of ether oxygens (including phenoxy) is 1. The van der Waals surface area contributed by atoms with E-state index in [-0.39, 0.29) is 12.0 Å². The van der Waals surface area contributed by atoms with Crippen molar-refractivity contribution in [1.29, 1.82) is 0 Å². The lowest BCUT2D eigenvalue weighted by Gasteiger charge is -2.33. The van der Waals surface area contributed by atoms with Gasteiger partial charge in [0.1, 0.15) is 0 Å². The van der Waals surface area contributed by atoms with Gasteiger partial charge in [-0.2, -0.15) is 0 Å². The van der Waals surface area contributed by atoms with Gasteiger partial charge in [-0.3, -0.25) is 4.79 Å². The van der Waals surface area contributed by atoms with Gasteiger partial charge in [-0.25, -0.2) is 0 Å². The van der Waals surface area contributed by atoms with E-state index in [0.717, 1.165) is 36.3 Å². The molecule has 0 radical (unpaired) electrons. The number of hydrogen-bond donors (Lipinski definition) is 2. The van der Waals surface area contributed by atoms with Gasteiger partial charge in [0.25, 0.3) is 0 Å². The molecule has 0 bridgehead atoms. The smallest absolute Gasteiger partial charge is 0.221 e. The van der Waals surface area contributed by atoms with Crippen LogP contribution in [-0.4, -0.2) is 25.1 Å². The Labute approximate surface area is 201 Å². The van der Waals surface area contributed by atoms with Crippen LogP contribution in [0.25, 0.3) is 21.9 Å². The molecule has 1 amide bonds. The Morgan fingerprint density at radius 3 is 2.56 bits per heavy atom. The number of carbonyl (C=O) groups excluding carboxylic acids is 1. The van der Waals surface area contributed by atoms with E-state index in [2.05, 4.69) is 83.4 Å². The van der Waals surface area contributed by atoms with Crippen molar-refractivity contribution in [2.24, 2.45) is 0 Å². The SMILES string of the molecule is CC(=O)Nc1cccc(-c2cccc(C3CCNCC3OCc3ccc4ccccc4c3)c2)c1. The van der Waals surface area contributed by atoms with Gasteiger partial charge in [0, 0.05) is 25.1 Å². The van der Waals surface area contributed by atoms with Gasteiger partial charge >= 0.3 is 0 Å². The molecule has 1 aliphatic heterocycles. The summed E-state index contributed by atoms with van der Waals surface area (Å²) in [4.78, 5) is 11.5. The molecule has 2 N–H and O–H groups in total. The average Bonchev–Trinajstić information content (AvgIpc) is 2.87. The van der Waals surface area contributed by atoms with Crippen LogP contribution in [0.2, 0.25) is 0 Å². The molecule has 1 saturated heterocycles. The number of rotatable bonds is 6. The van der Waals surface area contributed by atoms with Crippen LogP contribution in [0.1, 0.15) is 30.4 Å². The number of benzene rings is 4. The third-order valence-electron chi connectivity index (χ3n) is 6.54. The lowest BCUT2D eigenvalue weighted by Crippen LogP contribution is -2.41. The Morgan fingerprint density at radius 2 is 1.71 bits per heavy atom. The minimum Gasteiger partial charge on any atom is -0.372 e. The molecule has 1 heterocycles. The molecule has 4 nitrogen and oxygen atoms in total. The molecule has 0 spiro atoms. The molecule has 5 rings (SSSR count). The van der Waals surface area contributed by atoms with Crippen molar-refractivity contribution in [1.82, 2.24) is 5.32 Å². The predicted octanol–water partition coefficient (Wildman–Crippen LogP) is 6.13. The van der Waals surface area contributed by atoms with Crippen LogP contribution in [0.15, 0.2) is 91.0 Å². The first-order chi connectivity index (χ1) is 16.7. The summed E-state index contributed by atoms with van der Waals surface area (Å²) < 4.78 is 6.48. The molecule has 4 aromatic rings. The van der Waals surface area contributed by atoms with E-state index >= 15 is 0 Å². The Bertz CT molecular complexity index is 1300. The van der Waals surface area contributed by atoms with Gasteiger partial charge in [0.2, 0.25) is 5.91 Å². The first-order valence-electron chi connectivity index (χ1n) is 11.9. The summed E-state index contributed by atoms with van der Waals surface area (Å²) in [5, 5.41) is 8.88.